The molecule has 4 nitrogen and oxygen atoms in total. The van der Waals surface area contributed by atoms with Crippen LogP contribution in [0, 0.1) is 17.2 Å². The Morgan fingerprint density at radius 1 is 1.35 bits per heavy atom. The maximum Gasteiger partial charge on any atom is 0.174 e. The van der Waals surface area contributed by atoms with Gasteiger partial charge in [0.15, 0.2) is 6.61 Å². The van der Waals surface area contributed by atoms with Crippen LogP contribution in [0.3, 0.4) is 0 Å². The van der Waals surface area contributed by atoms with Crippen LogP contribution >= 0.6 is 0 Å². The van der Waals surface area contributed by atoms with Crippen molar-refractivity contribution in [3.8, 4) is 11.8 Å². The smallest absolute Gasteiger partial charge is 0.174 e. The summed E-state index contributed by atoms with van der Waals surface area (Å²) in [5.41, 5.74) is 1.12. The molecule has 0 saturated carbocycles. The molecule has 1 heterocycles. The van der Waals surface area contributed by atoms with Gasteiger partial charge in [0.1, 0.15) is 11.8 Å². The van der Waals surface area contributed by atoms with Gasteiger partial charge >= 0.3 is 0 Å². The average Bonchev–Trinajstić information content (AvgIpc) is 2.48. The Bertz CT molecular complexity index is 447. The number of ether oxygens (including phenoxy) is 1. The minimum absolute atomic E-state index is 0.103. The van der Waals surface area contributed by atoms with Crippen molar-refractivity contribution in [2.24, 2.45) is 5.92 Å². The number of piperidine rings is 1. The summed E-state index contributed by atoms with van der Waals surface area (Å²) >= 11 is 0. The molecule has 0 atom stereocenters. The lowest BCUT2D eigenvalue weighted by molar-refractivity contribution is 0.216. The fourth-order valence-electron chi connectivity index (χ4n) is 2.58. The largest absolute Gasteiger partial charge is 0.478 e. The number of hydrogen-bond donors (Lipinski definition) is 1. The highest BCUT2D eigenvalue weighted by atomic mass is 16.5. The fourth-order valence-corrected chi connectivity index (χ4v) is 2.58. The van der Waals surface area contributed by atoms with E-state index in [4.69, 9.17) is 10.00 Å². The summed E-state index contributed by atoms with van der Waals surface area (Å²) in [6.45, 7) is 4.36. The SMILES string of the molecule is CN1CCC(CNCc2ccccc2OCC#N)CC1. The Hall–Kier alpha value is -1.57. The zero-order valence-electron chi connectivity index (χ0n) is 12.1. The number of para-hydroxylation sites is 1. The lowest BCUT2D eigenvalue weighted by Gasteiger charge is -2.29. The fraction of sp³-hybridized carbons (Fsp3) is 0.562. The van der Waals surface area contributed by atoms with Crippen LogP contribution in [-0.2, 0) is 6.54 Å². The van der Waals surface area contributed by atoms with Crippen molar-refractivity contribution in [2.75, 3.05) is 33.3 Å². The Labute approximate surface area is 121 Å². The minimum Gasteiger partial charge on any atom is -0.478 e. The second-order valence-electron chi connectivity index (χ2n) is 5.43. The van der Waals surface area contributed by atoms with Gasteiger partial charge in [0.05, 0.1) is 0 Å². The molecular weight excluding hydrogens is 250 g/mol. The predicted octanol–water partition coefficient (Wildman–Crippen LogP) is 2.02. The normalized spacial score (nSPS) is 16.8. The van der Waals surface area contributed by atoms with Crippen LogP contribution in [0.1, 0.15) is 18.4 Å². The van der Waals surface area contributed by atoms with E-state index in [1.807, 2.05) is 30.3 Å². The van der Waals surface area contributed by atoms with Crippen LogP contribution in [0.5, 0.6) is 5.75 Å². The van der Waals surface area contributed by atoms with Gasteiger partial charge in [-0.3, -0.25) is 0 Å². The lowest BCUT2D eigenvalue weighted by atomic mass is 9.97. The molecule has 0 unspecified atom stereocenters. The molecule has 0 aliphatic carbocycles. The first-order chi connectivity index (χ1) is 9.79. The predicted molar refractivity (Wildman–Crippen MR) is 79.5 cm³/mol. The van der Waals surface area contributed by atoms with Crippen LogP contribution in [0.15, 0.2) is 24.3 Å². The van der Waals surface area contributed by atoms with Crippen molar-refractivity contribution in [3.63, 3.8) is 0 Å². The lowest BCUT2D eigenvalue weighted by Crippen LogP contribution is -2.34. The van der Waals surface area contributed by atoms with Gasteiger partial charge in [-0.15, -0.1) is 0 Å². The molecule has 0 spiro atoms. The van der Waals surface area contributed by atoms with Crippen LogP contribution in [0.4, 0.5) is 0 Å². The highest BCUT2D eigenvalue weighted by Crippen LogP contribution is 2.18. The third kappa shape index (κ3) is 4.52. The molecular formula is C16H23N3O. The minimum atomic E-state index is 0.103. The van der Waals surface area contributed by atoms with Crippen molar-refractivity contribution in [1.82, 2.24) is 10.2 Å². The molecule has 1 N–H and O–H groups in total. The Balaban J connectivity index is 1.77. The number of nitrogens with one attached hydrogen (secondary N) is 1. The number of benzene rings is 1. The van der Waals surface area contributed by atoms with E-state index in [2.05, 4.69) is 17.3 Å². The van der Waals surface area contributed by atoms with E-state index < -0.39 is 0 Å². The van der Waals surface area contributed by atoms with Gasteiger partial charge in [-0.05, 0) is 51.5 Å². The van der Waals surface area contributed by atoms with Gasteiger partial charge < -0.3 is 15.0 Å². The van der Waals surface area contributed by atoms with Gasteiger partial charge in [0, 0.05) is 12.1 Å². The maximum atomic E-state index is 8.59. The molecule has 1 aliphatic rings. The van der Waals surface area contributed by atoms with Crippen molar-refractivity contribution in [2.45, 2.75) is 19.4 Å². The van der Waals surface area contributed by atoms with Crippen LogP contribution in [-0.4, -0.2) is 38.2 Å². The van der Waals surface area contributed by atoms with E-state index in [1.54, 1.807) is 0 Å². The molecule has 0 amide bonds. The molecule has 2 rings (SSSR count). The summed E-state index contributed by atoms with van der Waals surface area (Å²) < 4.78 is 5.44. The molecule has 108 valence electrons. The molecule has 0 radical (unpaired) electrons. The Morgan fingerprint density at radius 3 is 2.85 bits per heavy atom. The van der Waals surface area contributed by atoms with Gasteiger partial charge in [0.2, 0.25) is 0 Å². The number of rotatable bonds is 6. The van der Waals surface area contributed by atoms with Gasteiger partial charge in [0.25, 0.3) is 0 Å². The zero-order chi connectivity index (χ0) is 14.2. The monoisotopic (exact) mass is 273 g/mol. The summed E-state index contributed by atoms with van der Waals surface area (Å²) in [7, 11) is 2.19. The second kappa shape index (κ2) is 7.88. The number of likely N-dealkylation sites (tertiary alicyclic amines) is 1. The van der Waals surface area contributed by atoms with Crippen LogP contribution < -0.4 is 10.1 Å². The third-order valence-corrected chi connectivity index (χ3v) is 3.85. The van der Waals surface area contributed by atoms with Gasteiger partial charge in [-0.2, -0.15) is 5.26 Å². The van der Waals surface area contributed by atoms with Crippen LogP contribution in [0.25, 0.3) is 0 Å². The maximum absolute atomic E-state index is 8.59. The zero-order valence-corrected chi connectivity index (χ0v) is 12.1. The molecule has 1 fully saturated rings. The standard InChI is InChI=1S/C16H23N3O/c1-19-9-6-14(7-10-19)12-18-13-15-4-2-3-5-16(15)20-11-8-17/h2-5,14,18H,6-7,9-13H2,1H3. The van der Waals surface area contributed by atoms with Gasteiger partial charge in [-0.1, -0.05) is 18.2 Å². The van der Waals surface area contributed by atoms with E-state index in [0.29, 0.717) is 0 Å². The van der Waals surface area contributed by atoms with Crippen molar-refractivity contribution in [1.29, 1.82) is 5.26 Å². The van der Waals surface area contributed by atoms with Crippen molar-refractivity contribution < 1.29 is 4.74 Å². The van der Waals surface area contributed by atoms with Crippen molar-refractivity contribution >= 4 is 0 Å². The quantitative estimate of drug-likeness (QED) is 0.861. The summed E-state index contributed by atoms with van der Waals surface area (Å²) in [6, 6.07) is 9.92. The molecule has 1 aliphatic heterocycles. The third-order valence-electron chi connectivity index (χ3n) is 3.85. The molecule has 1 saturated heterocycles. The number of hydrogen-bond acceptors (Lipinski definition) is 4. The number of nitriles is 1. The van der Waals surface area contributed by atoms with E-state index in [0.717, 1.165) is 30.3 Å². The Morgan fingerprint density at radius 2 is 2.10 bits per heavy atom. The molecule has 0 bridgehead atoms. The van der Waals surface area contributed by atoms with E-state index in [1.165, 1.54) is 25.9 Å². The average molecular weight is 273 g/mol. The summed E-state index contributed by atoms with van der Waals surface area (Å²) in [5.74, 6) is 1.59. The second-order valence-corrected chi connectivity index (χ2v) is 5.43. The summed E-state index contributed by atoms with van der Waals surface area (Å²) in [4.78, 5) is 2.39. The first-order valence-electron chi connectivity index (χ1n) is 7.26. The number of nitrogens with zero attached hydrogens (tertiary/aromatic N) is 2. The van der Waals surface area contributed by atoms with Crippen molar-refractivity contribution in [3.05, 3.63) is 29.8 Å². The first kappa shape index (κ1) is 14.8. The highest BCUT2D eigenvalue weighted by Gasteiger charge is 2.16. The van der Waals surface area contributed by atoms with E-state index in [9.17, 15) is 0 Å². The Kier molecular flexibility index (Phi) is 5.85. The molecule has 4 heteroatoms. The summed E-state index contributed by atoms with van der Waals surface area (Å²) in [5, 5.41) is 12.1. The van der Waals surface area contributed by atoms with Gasteiger partial charge in [-0.25, -0.2) is 0 Å². The molecule has 0 aromatic heterocycles. The summed E-state index contributed by atoms with van der Waals surface area (Å²) in [6.07, 6.45) is 2.55. The topological polar surface area (TPSA) is 48.3 Å². The first-order valence-corrected chi connectivity index (χ1v) is 7.26. The molecule has 20 heavy (non-hydrogen) atoms. The van der Waals surface area contributed by atoms with E-state index in [-0.39, 0.29) is 6.61 Å². The van der Waals surface area contributed by atoms with Crippen LogP contribution in [0.2, 0.25) is 0 Å². The van der Waals surface area contributed by atoms with E-state index >= 15 is 0 Å². The highest BCUT2D eigenvalue weighted by molar-refractivity contribution is 5.33. The molecule has 1 aromatic carbocycles. The molecule has 1 aromatic rings.